The summed E-state index contributed by atoms with van der Waals surface area (Å²) < 4.78 is 18.8. The molecule has 1 aromatic rings. The highest BCUT2D eigenvalue weighted by atomic mass is 19.1. The van der Waals surface area contributed by atoms with E-state index in [1.807, 2.05) is 4.90 Å². The minimum absolute atomic E-state index is 0.184. The Hall–Kier alpha value is -2.02. The van der Waals surface area contributed by atoms with Crippen LogP contribution < -0.4 is 0 Å². The Morgan fingerprint density at radius 3 is 2.81 bits per heavy atom. The third kappa shape index (κ3) is 3.09. The number of nitrogens with zero attached hydrogens (tertiary/aromatic N) is 3. The van der Waals surface area contributed by atoms with E-state index >= 15 is 0 Å². The molecule has 0 aliphatic carbocycles. The number of rotatable bonds is 2. The van der Waals surface area contributed by atoms with E-state index < -0.39 is 11.2 Å². The molecule has 0 radical (unpaired) electrons. The number of likely N-dealkylation sites (tertiary alicyclic amines) is 2. The van der Waals surface area contributed by atoms with Gasteiger partial charge in [0.1, 0.15) is 5.82 Å². The number of carbonyl (C=O) groups excluding carboxylic acids is 2. The molecule has 0 N–H and O–H groups in total. The summed E-state index contributed by atoms with van der Waals surface area (Å²) in [5, 5.41) is 0. The number of halogens is 1. The van der Waals surface area contributed by atoms with Crippen LogP contribution in [0.5, 0.6) is 0 Å². The zero-order valence-corrected chi connectivity index (χ0v) is 14.8. The Bertz CT molecular complexity index is 707. The van der Waals surface area contributed by atoms with Gasteiger partial charge < -0.3 is 14.5 Å². The van der Waals surface area contributed by atoms with Gasteiger partial charge in [0.15, 0.2) is 0 Å². The smallest absolute Gasteiger partial charge is 0.255 e. The molecule has 26 heavy (non-hydrogen) atoms. The van der Waals surface area contributed by atoms with Gasteiger partial charge in [0.25, 0.3) is 5.91 Å². The van der Waals surface area contributed by atoms with Gasteiger partial charge in [-0.2, -0.15) is 0 Å². The monoisotopic (exact) mass is 361 g/mol. The number of aromatic nitrogens is 1. The second-order valence-corrected chi connectivity index (χ2v) is 7.59. The van der Waals surface area contributed by atoms with Gasteiger partial charge >= 0.3 is 0 Å². The first-order valence-corrected chi connectivity index (χ1v) is 9.38. The van der Waals surface area contributed by atoms with Crippen LogP contribution in [0.3, 0.4) is 0 Å². The van der Waals surface area contributed by atoms with E-state index in [1.54, 1.807) is 4.90 Å². The van der Waals surface area contributed by atoms with Crippen molar-refractivity contribution in [1.29, 1.82) is 0 Å². The zero-order chi connectivity index (χ0) is 18.1. The number of amides is 2. The number of pyridine rings is 1. The Morgan fingerprint density at radius 1 is 1.23 bits per heavy atom. The molecule has 0 saturated carbocycles. The van der Waals surface area contributed by atoms with Gasteiger partial charge in [0.05, 0.1) is 17.2 Å². The standard InChI is InChI=1S/C19H24FN3O3/c20-15-10-14(11-21-12-15)17(24)22-7-5-19(13-22)4-1-6-23(18(19)25)16-2-8-26-9-3-16/h10-12,16H,1-9,13H2/t19-/m0/s1. The number of ether oxygens (including phenoxy) is 1. The van der Waals surface area contributed by atoms with Gasteiger partial charge in [0.2, 0.25) is 5.91 Å². The second-order valence-electron chi connectivity index (χ2n) is 7.59. The lowest BCUT2D eigenvalue weighted by atomic mass is 9.77. The lowest BCUT2D eigenvalue weighted by molar-refractivity contribution is -0.150. The summed E-state index contributed by atoms with van der Waals surface area (Å²) in [5.41, 5.74) is -0.237. The number of hydrogen-bond acceptors (Lipinski definition) is 4. The minimum Gasteiger partial charge on any atom is -0.381 e. The summed E-state index contributed by atoms with van der Waals surface area (Å²) in [6, 6.07) is 1.46. The van der Waals surface area contributed by atoms with Crippen molar-refractivity contribution < 1.29 is 18.7 Å². The topological polar surface area (TPSA) is 62.7 Å². The van der Waals surface area contributed by atoms with Crippen molar-refractivity contribution in [3.05, 3.63) is 29.8 Å². The average Bonchev–Trinajstić information content (AvgIpc) is 3.09. The maximum atomic E-state index is 13.4. The van der Waals surface area contributed by atoms with Crippen LogP contribution in [0.4, 0.5) is 4.39 Å². The SMILES string of the molecule is O=C(c1cncc(F)c1)N1CC[C@@]2(CCCN(C3CCOCC3)C2=O)C1. The quantitative estimate of drug-likeness (QED) is 0.807. The summed E-state index contributed by atoms with van der Waals surface area (Å²) >= 11 is 0. The highest BCUT2D eigenvalue weighted by Gasteiger charge is 2.50. The van der Waals surface area contributed by atoms with E-state index in [0.717, 1.165) is 38.4 Å². The molecule has 3 saturated heterocycles. The Kier molecular flexibility index (Phi) is 4.65. The highest BCUT2D eigenvalue weighted by molar-refractivity contribution is 5.95. The molecule has 4 rings (SSSR count). The molecule has 6 nitrogen and oxygen atoms in total. The van der Waals surface area contributed by atoms with Crippen molar-refractivity contribution in [2.75, 3.05) is 32.8 Å². The number of carbonyl (C=O) groups is 2. The van der Waals surface area contributed by atoms with Gasteiger partial charge in [-0.1, -0.05) is 0 Å². The summed E-state index contributed by atoms with van der Waals surface area (Å²) in [6.45, 7) is 3.16. The minimum atomic E-state index is -0.524. The van der Waals surface area contributed by atoms with Gasteiger partial charge in [-0.15, -0.1) is 0 Å². The Labute approximate surface area is 152 Å². The van der Waals surface area contributed by atoms with Gasteiger partial charge in [-0.3, -0.25) is 14.6 Å². The molecule has 1 atom stereocenters. The second kappa shape index (κ2) is 6.95. The van der Waals surface area contributed by atoms with Crippen molar-refractivity contribution in [1.82, 2.24) is 14.8 Å². The molecule has 7 heteroatoms. The molecular weight excluding hydrogens is 337 g/mol. The first kappa shape index (κ1) is 17.4. The molecule has 3 fully saturated rings. The van der Waals surface area contributed by atoms with Crippen LogP contribution in [-0.4, -0.2) is 65.5 Å². The average molecular weight is 361 g/mol. The molecule has 4 heterocycles. The molecule has 140 valence electrons. The molecular formula is C19H24FN3O3. The summed E-state index contributed by atoms with van der Waals surface area (Å²) in [7, 11) is 0. The molecule has 0 aromatic carbocycles. The van der Waals surface area contributed by atoms with Crippen molar-refractivity contribution >= 4 is 11.8 Å². The van der Waals surface area contributed by atoms with Crippen LogP contribution in [0, 0.1) is 11.2 Å². The first-order chi connectivity index (χ1) is 12.6. The van der Waals surface area contributed by atoms with Gasteiger partial charge in [-0.25, -0.2) is 4.39 Å². The van der Waals surface area contributed by atoms with Crippen molar-refractivity contribution in [2.45, 2.75) is 38.1 Å². The maximum absolute atomic E-state index is 13.4. The maximum Gasteiger partial charge on any atom is 0.255 e. The van der Waals surface area contributed by atoms with Crippen molar-refractivity contribution in [3.63, 3.8) is 0 Å². The fourth-order valence-electron chi connectivity index (χ4n) is 4.58. The fraction of sp³-hybridized carbons (Fsp3) is 0.632. The van der Waals surface area contributed by atoms with Crippen LogP contribution in [0.1, 0.15) is 42.5 Å². The lowest BCUT2D eigenvalue weighted by Crippen LogP contribution is -2.55. The van der Waals surface area contributed by atoms with E-state index in [9.17, 15) is 14.0 Å². The highest BCUT2D eigenvalue weighted by Crippen LogP contribution is 2.41. The van der Waals surface area contributed by atoms with Crippen LogP contribution in [0.2, 0.25) is 0 Å². The predicted molar refractivity (Wildman–Crippen MR) is 91.9 cm³/mol. The van der Waals surface area contributed by atoms with Gasteiger partial charge in [0, 0.05) is 45.1 Å². The normalized spacial score (nSPS) is 27.3. The molecule has 0 unspecified atom stereocenters. The van der Waals surface area contributed by atoms with E-state index in [-0.39, 0.29) is 23.4 Å². The molecule has 3 aliphatic heterocycles. The van der Waals surface area contributed by atoms with Crippen LogP contribution >= 0.6 is 0 Å². The van der Waals surface area contributed by atoms with E-state index in [4.69, 9.17) is 4.74 Å². The Morgan fingerprint density at radius 2 is 2.04 bits per heavy atom. The van der Waals surface area contributed by atoms with Crippen molar-refractivity contribution in [2.24, 2.45) is 5.41 Å². The molecule has 0 bridgehead atoms. The molecule has 3 aliphatic rings. The predicted octanol–water partition coefficient (Wildman–Crippen LogP) is 1.85. The van der Waals surface area contributed by atoms with Gasteiger partial charge in [-0.05, 0) is 38.2 Å². The Balaban J connectivity index is 1.49. The number of hydrogen-bond donors (Lipinski definition) is 0. The molecule has 1 aromatic heterocycles. The summed E-state index contributed by atoms with van der Waals surface area (Å²) in [4.78, 5) is 33.4. The largest absolute Gasteiger partial charge is 0.381 e. The third-order valence-corrected chi connectivity index (χ3v) is 5.99. The van der Waals surface area contributed by atoms with E-state index in [2.05, 4.69) is 4.98 Å². The molecule has 1 spiro atoms. The van der Waals surface area contributed by atoms with Crippen molar-refractivity contribution in [3.8, 4) is 0 Å². The van der Waals surface area contributed by atoms with Crippen LogP contribution in [0.15, 0.2) is 18.5 Å². The summed E-state index contributed by atoms with van der Waals surface area (Å²) in [6.07, 6.45) is 6.70. The third-order valence-electron chi connectivity index (χ3n) is 5.99. The summed E-state index contributed by atoms with van der Waals surface area (Å²) in [5.74, 6) is -0.586. The van der Waals surface area contributed by atoms with E-state index in [0.29, 0.717) is 32.7 Å². The first-order valence-electron chi connectivity index (χ1n) is 9.38. The molecule has 2 amide bonds. The number of piperidine rings is 1. The van der Waals surface area contributed by atoms with Crippen LogP contribution in [-0.2, 0) is 9.53 Å². The van der Waals surface area contributed by atoms with E-state index in [1.165, 1.54) is 12.3 Å². The van der Waals surface area contributed by atoms with Crippen LogP contribution in [0.25, 0.3) is 0 Å². The fourth-order valence-corrected chi connectivity index (χ4v) is 4.58. The lowest BCUT2D eigenvalue weighted by Gasteiger charge is -2.44. The zero-order valence-electron chi connectivity index (χ0n) is 14.8.